The third-order valence-electron chi connectivity index (χ3n) is 5.40. The number of anilines is 1. The van der Waals surface area contributed by atoms with Gasteiger partial charge in [0.2, 0.25) is 5.91 Å². The highest BCUT2D eigenvalue weighted by Gasteiger charge is 2.22. The summed E-state index contributed by atoms with van der Waals surface area (Å²) in [5, 5.41) is 5.56. The van der Waals surface area contributed by atoms with E-state index in [0.29, 0.717) is 13.0 Å². The van der Waals surface area contributed by atoms with E-state index in [1.165, 1.54) is 5.56 Å². The highest BCUT2D eigenvalue weighted by molar-refractivity contribution is 5.80. The zero-order valence-electron chi connectivity index (χ0n) is 16.5. The summed E-state index contributed by atoms with van der Waals surface area (Å²) in [4.78, 5) is 16.9. The Balaban J connectivity index is 1.34. The number of hydrogen-bond donors (Lipinski definition) is 0. The number of methoxy groups -OCH3 is 1. The molecule has 0 radical (unpaired) electrons. The van der Waals surface area contributed by atoms with Crippen molar-refractivity contribution in [3.8, 4) is 5.75 Å². The number of fused-ring (bicyclic) bond motifs is 1. The molecule has 0 unspecified atom stereocenters. The quantitative estimate of drug-likeness (QED) is 0.685. The van der Waals surface area contributed by atoms with E-state index in [1.54, 1.807) is 7.11 Å². The van der Waals surface area contributed by atoms with Gasteiger partial charge in [0.1, 0.15) is 5.75 Å². The zero-order valence-corrected chi connectivity index (χ0v) is 16.5. The molecule has 1 amide bonds. The largest absolute Gasteiger partial charge is 0.495 e. The van der Waals surface area contributed by atoms with Crippen molar-refractivity contribution in [2.75, 3.05) is 38.2 Å². The van der Waals surface area contributed by atoms with Crippen molar-refractivity contribution in [2.45, 2.75) is 19.9 Å². The second kappa shape index (κ2) is 7.92. The van der Waals surface area contributed by atoms with Gasteiger partial charge in [-0.3, -0.25) is 9.48 Å². The van der Waals surface area contributed by atoms with E-state index in [9.17, 15) is 4.79 Å². The van der Waals surface area contributed by atoms with Crippen LogP contribution in [0.2, 0.25) is 0 Å². The maximum absolute atomic E-state index is 12.7. The monoisotopic (exact) mass is 378 g/mol. The molecule has 0 aliphatic carbocycles. The van der Waals surface area contributed by atoms with Crippen LogP contribution in [0, 0.1) is 6.92 Å². The van der Waals surface area contributed by atoms with Gasteiger partial charge in [0.15, 0.2) is 0 Å². The van der Waals surface area contributed by atoms with E-state index < -0.39 is 0 Å². The van der Waals surface area contributed by atoms with E-state index in [0.717, 1.165) is 48.5 Å². The van der Waals surface area contributed by atoms with Crippen LogP contribution in [0.4, 0.5) is 5.69 Å². The van der Waals surface area contributed by atoms with Gasteiger partial charge in [0.05, 0.1) is 31.1 Å². The van der Waals surface area contributed by atoms with Crippen LogP contribution in [0.25, 0.3) is 10.9 Å². The van der Waals surface area contributed by atoms with Crippen molar-refractivity contribution in [1.29, 1.82) is 0 Å². The second-order valence-electron chi connectivity index (χ2n) is 7.22. The van der Waals surface area contributed by atoms with Crippen LogP contribution < -0.4 is 9.64 Å². The molecule has 28 heavy (non-hydrogen) atoms. The Morgan fingerprint density at radius 2 is 1.89 bits per heavy atom. The fraction of sp³-hybridized carbons (Fsp3) is 0.364. The molecule has 2 aromatic carbocycles. The van der Waals surface area contributed by atoms with Crippen LogP contribution in [-0.4, -0.2) is 53.9 Å². The molecule has 1 aliphatic rings. The fourth-order valence-corrected chi connectivity index (χ4v) is 3.81. The highest BCUT2D eigenvalue weighted by Crippen LogP contribution is 2.28. The van der Waals surface area contributed by atoms with Gasteiger partial charge in [-0.05, 0) is 30.7 Å². The Labute approximate surface area is 165 Å². The number of para-hydroxylation sites is 2. The normalized spacial score (nSPS) is 14.5. The summed E-state index contributed by atoms with van der Waals surface area (Å²) in [5.41, 5.74) is 3.39. The number of aromatic nitrogens is 2. The van der Waals surface area contributed by atoms with Crippen molar-refractivity contribution in [3.05, 3.63) is 54.2 Å². The molecule has 1 aliphatic heterocycles. The number of benzene rings is 2. The van der Waals surface area contributed by atoms with Crippen LogP contribution in [0.5, 0.6) is 5.75 Å². The van der Waals surface area contributed by atoms with Gasteiger partial charge in [-0.15, -0.1) is 0 Å². The SMILES string of the molecule is COc1ccccc1N1CCN(C(=O)CCn2ncc3ccc(C)cc32)CC1. The third kappa shape index (κ3) is 3.67. The van der Waals surface area contributed by atoms with E-state index >= 15 is 0 Å². The van der Waals surface area contributed by atoms with Crippen molar-refractivity contribution >= 4 is 22.5 Å². The molecular weight excluding hydrogens is 352 g/mol. The number of nitrogens with zero attached hydrogens (tertiary/aromatic N) is 4. The zero-order chi connectivity index (χ0) is 19.5. The lowest BCUT2D eigenvalue weighted by Gasteiger charge is -2.36. The van der Waals surface area contributed by atoms with Gasteiger partial charge >= 0.3 is 0 Å². The average molecular weight is 378 g/mol. The lowest BCUT2D eigenvalue weighted by atomic mass is 10.2. The van der Waals surface area contributed by atoms with E-state index in [2.05, 4.69) is 41.2 Å². The lowest BCUT2D eigenvalue weighted by Crippen LogP contribution is -2.49. The molecule has 4 rings (SSSR count). The standard InChI is InChI=1S/C22H26N4O2/c1-17-7-8-18-16-23-26(20(18)15-17)10-9-22(27)25-13-11-24(12-14-25)19-5-3-4-6-21(19)28-2/h3-8,15-16H,9-14H2,1-2H3. The Bertz CT molecular complexity index is 974. The molecule has 0 N–H and O–H groups in total. The first-order valence-electron chi connectivity index (χ1n) is 9.73. The van der Waals surface area contributed by atoms with Gasteiger partial charge in [-0.1, -0.05) is 24.3 Å². The first-order valence-corrected chi connectivity index (χ1v) is 9.73. The molecule has 0 bridgehead atoms. The lowest BCUT2D eigenvalue weighted by molar-refractivity contribution is -0.131. The molecule has 0 atom stereocenters. The number of rotatable bonds is 5. The number of carbonyl (C=O) groups excluding carboxylic acids is 1. The minimum atomic E-state index is 0.191. The molecule has 0 spiro atoms. The Morgan fingerprint density at radius 3 is 2.68 bits per heavy atom. The maximum Gasteiger partial charge on any atom is 0.224 e. The van der Waals surface area contributed by atoms with Gasteiger partial charge < -0.3 is 14.5 Å². The molecular formula is C22H26N4O2. The van der Waals surface area contributed by atoms with Gasteiger partial charge in [0.25, 0.3) is 0 Å². The van der Waals surface area contributed by atoms with Gasteiger partial charge in [-0.25, -0.2) is 0 Å². The third-order valence-corrected chi connectivity index (χ3v) is 5.40. The molecule has 1 aromatic heterocycles. The van der Waals surface area contributed by atoms with Crippen molar-refractivity contribution in [3.63, 3.8) is 0 Å². The number of amides is 1. The van der Waals surface area contributed by atoms with E-state index in [-0.39, 0.29) is 5.91 Å². The molecule has 6 nitrogen and oxygen atoms in total. The summed E-state index contributed by atoms with van der Waals surface area (Å²) in [6.45, 7) is 5.78. The molecule has 1 fully saturated rings. The van der Waals surface area contributed by atoms with Crippen LogP contribution in [0.1, 0.15) is 12.0 Å². The van der Waals surface area contributed by atoms with Gasteiger partial charge in [-0.2, -0.15) is 5.10 Å². The van der Waals surface area contributed by atoms with Crippen LogP contribution in [0.3, 0.4) is 0 Å². The van der Waals surface area contributed by atoms with Crippen LogP contribution >= 0.6 is 0 Å². The summed E-state index contributed by atoms with van der Waals surface area (Å²) in [6.07, 6.45) is 2.34. The average Bonchev–Trinajstić information content (AvgIpc) is 3.14. The summed E-state index contributed by atoms with van der Waals surface area (Å²) in [5.74, 6) is 1.07. The predicted molar refractivity (Wildman–Crippen MR) is 111 cm³/mol. The second-order valence-corrected chi connectivity index (χ2v) is 7.22. The van der Waals surface area contributed by atoms with Crippen LogP contribution in [0.15, 0.2) is 48.7 Å². The summed E-state index contributed by atoms with van der Waals surface area (Å²) in [7, 11) is 1.69. The maximum atomic E-state index is 12.7. The topological polar surface area (TPSA) is 50.6 Å². The first-order chi connectivity index (χ1) is 13.7. The number of carbonyl (C=O) groups is 1. The molecule has 146 valence electrons. The minimum absolute atomic E-state index is 0.191. The molecule has 6 heteroatoms. The van der Waals surface area contributed by atoms with Gasteiger partial charge in [0, 0.05) is 38.0 Å². The summed E-state index contributed by atoms with van der Waals surface area (Å²) in [6, 6.07) is 14.3. The fourth-order valence-electron chi connectivity index (χ4n) is 3.81. The van der Waals surface area contributed by atoms with E-state index in [1.807, 2.05) is 34.0 Å². The van der Waals surface area contributed by atoms with Crippen molar-refractivity contribution in [1.82, 2.24) is 14.7 Å². The predicted octanol–water partition coefficient (Wildman–Crippen LogP) is 3.09. The minimum Gasteiger partial charge on any atom is -0.495 e. The Kier molecular flexibility index (Phi) is 5.19. The summed E-state index contributed by atoms with van der Waals surface area (Å²) < 4.78 is 7.40. The van der Waals surface area contributed by atoms with Crippen molar-refractivity contribution < 1.29 is 9.53 Å². The number of aryl methyl sites for hydroxylation is 2. The van der Waals surface area contributed by atoms with Crippen molar-refractivity contribution in [2.24, 2.45) is 0 Å². The molecule has 2 heterocycles. The number of hydrogen-bond acceptors (Lipinski definition) is 4. The Hall–Kier alpha value is -3.02. The number of ether oxygens (including phenoxy) is 1. The van der Waals surface area contributed by atoms with Crippen LogP contribution in [-0.2, 0) is 11.3 Å². The molecule has 3 aromatic rings. The summed E-state index contributed by atoms with van der Waals surface area (Å²) >= 11 is 0. The Morgan fingerprint density at radius 1 is 1.11 bits per heavy atom. The molecule has 1 saturated heterocycles. The molecule has 0 saturated carbocycles. The smallest absolute Gasteiger partial charge is 0.224 e. The van der Waals surface area contributed by atoms with E-state index in [4.69, 9.17) is 4.74 Å². The number of piperazine rings is 1. The highest BCUT2D eigenvalue weighted by atomic mass is 16.5. The first kappa shape index (κ1) is 18.3.